The standard InChI is InChI=1S/C57H36N4O2/c1-3-11-35(12-4-1)36-19-21-37(22-20-36)41-24-28-47-48-31-39(26-30-52(48)63-53(47)33-41)40-23-27-44-43-15-7-9-17-49(43)61(50(44)32-40)57-59-55(38-13-5-2-6-14-38)58-56(60-57)42-25-29-46-45-16-8-10-18-51(45)62-54(46)34-42/h1-19,21,23-34H,20,22H2. The first-order valence-corrected chi connectivity index (χ1v) is 21.4. The van der Waals surface area contributed by atoms with E-state index in [0.717, 1.165) is 101 Å². The van der Waals surface area contributed by atoms with E-state index in [4.69, 9.17) is 23.8 Å². The number of rotatable bonds is 6. The Balaban J connectivity index is 0.929. The number of nitrogens with zero attached hydrogens (tertiary/aromatic N) is 4. The zero-order valence-corrected chi connectivity index (χ0v) is 34.0. The highest BCUT2D eigenvalue weighted by molar-refractivity contribution is 6.11. The average Bonchev–Trinajstić information content (AvgIpc) is 4.03. The number of allylic oxidation sites excluding steroid dienone is 4. The summed E-state index contributed by atoms with van der Waals surface area (Å²) < 4.78 is 15.0. The summed E-state index contributed by atoms with van der Waals surface area (Å²) in [6.45, 7) is 0. The molecule has 0 unspecified atom stereocenters. The zero-order chi connectivity index (χ0) is 41.4. The van der Waals surface area contributed by atoms with E-state index in [0.29, 0.717) is 17.6 Å². The molecule has 6 nitrogen and oxygen atoms in total. The molecule has 296 valence electrons. The van der Waals surface area contributed by atoms with Gasteiger partial charge in [0.1, 0.15) is 22.3 Å². The number of aromatic nitrogens is 4. The van der Waals surface area contributed by atoms with Crippen LogP contribution in [0.5, 0.6) is 0 Å². The quantitative estimate of drug-likeness (QED) is 0.167. The van der Waals surface area contributed by atoms with Crippen molar-refractivity contribution in [1.29, 1.82) is 0 Å². The van der Waals surface area contributed by atoms with Gasteiger partial charge >= 0.3 is 0 Å². The Morgan fingerprint density at radius 3 is 1.63 bits per heavy atom. The van der Waals surface area contributed by atoms with Crippen LogP contribution in [0.25, 0.3) is 117 Å². The maximum absolute atomic E-state index is 6.51. The molecule has 6 heteroatoms. The fourth-order valence-corrected chi connectivity index (χ4v) is 9.47. The summed E-state index contributed by atoms with van der Waals surface area (Å²) in [6.07, 6.45) is 6.55. The van der Waals surface area contributed by atoms with Crippen molar-refractivity contribution in [2.45, 2.75) is 12.8 Å². The SMILES string of the molecule is C1=C(c2ccccc2)CCC(c2ccc3c(c2)oc2ccc(-c4ccc5c6ccccc6n(-c6nc(-c7ccccc7)nc(-c7ccc8c(c7)oc7ccccc78)n6)c5c4)cc23)=C1. The molecule has 4 heterocycles. The Hall–Kier alpha value is -8.35. The fourth-order valence-electron chi connectivity index (χ4n) is 9.47. The van der Waals surface area contributed by atoms with Gasteiger partial charge in [0.15, 0.2) is 11.6 Å². The van der Waals surface area contributed by atoms with Crippen molar-refractivity contribution >= 4 is 76.8 Å². The summed E-state index contributed by atoms with van der Waals surface area (Å²) >= 11 is 0. The van der Waals surface area contributed by atoms with Gasteiger partial charge in [-0.05, 0) is 101 Å². The number of benzene rings is 8. The van der Waals surface area contributed by atoms with Gasteiger partial charge in [0.25, 0.3) is 0 Å². The lowest BCUT2D eigenvalue weighted by Gasteiger charge is -2.15. The first-order chi connectivity index (χ1) is 31.2. The van der Waals surface area contributed by atoms with Crippen LogP contribution < -0.4 is 0 Å². The van der Waals surface area contributed by atoms with E-state index in [2.05, 4.69) is 144 Å². The minimum atomic E-state index is 0.541. The van der Waals surface area contributed by atoms with E-state index in [-0.39, 0.29) is 0 Å². The summed E-state index contributed by atoms with van der Waals surface area (Å²) in [7, 11) is 0. The molecule has 1 aliphatic carbocycles. The molecular formula is C57H36N4O2. The number of furan rings is 2. The summed E-state index contributed by atoms with van der Waals surface area (Å²) in [6, 6.07) is 63.4. The second-order valence-corrected chi connectivity index (χ2v) is 16.3. The molecule has 0 aliphatic heterocycles. The predicted octanol–water partition coefficient (Wildman–Crippen LogP) is 15.0. The Morgan fingerprint density at radius 2 is 0.857 bits per heavy atom. The van der Waals surface area contributed by atoms with Crippen LogP contribution in [0.3, 0.4) is 0 Å². The molecule has 63 heavy (non-hydrogen) atoms. The minimum absolute atomic E-state index is 0.541. The molecule has 0 amide bonds. The maximum Gasteiger partial charge on any atom is 0.238 e. The van der Waals surface area contributed by atoms with Crippen molar-refractivity contribution in [3.8, 4) is 39.9 Å². The van der Waals surface area contributed by atoms with Crippen LogP contribution in [0.2, 0.25) is 0 Å². The third-order valence-corrected chi connectivity index (χ3v) is 12.6. The van der Waals surface area contributed by atoms with E-state index >= 15 is 0 Å². The van der Waals surface area contributed by atoms with E-state index in [1.165, 1.54) is 22.3 Å². The first kappa shape index (κ1) is 35.4. The van der Waals surface area contributed by atoms with Crippen LogP contribution in [0.15, 0.2) is 203 Å². The molecule has 0 atom stereocenters. The molecule has 0 spiro atoms. The highest BCUT2D eigenvalue weighted by Gasteiger charge is 2.20. The summed E-state index contributed by atoms with van der Waals surface area (Å²) in [4.78, 5) is 15.5. The molecule has 4 aromatic heterocycles. The Labute approximate surface area is 361 Å². The highest BCUT2D eigenvalue weighted by atomic mass is 16.3. The summed E-state index contributed by atoms with van der Waals surface area (Å²) in [5.74, 6) is 1.70. The van der Waals surface area contributed by atoms with Crippen molar-refractivity contribution in [2.24, 2.45) is 0 Å². The molecule has 0 fully saturated rings. The monoisotopic (exact) mass is 808 g/mol. The Morgan fingerprint density at radius 1 is 0.333 bits per heavy atom. The lowest BCUT2D eigenvalue weighted by Crippen LogP contribution is -2.06. The van der Waals surface area contributed by atoms with Crippen molar-refractivity contribution in [3.63, 3.8) is 0 Å². The second-order valence-electron chi connectivity index (χ2n) is 16.3. The highest BCUT2D eigenvalue weighted by Crippen LogP contribution is 2.40. The minimum Gasteiger partial charge on any atom is -0.456 e. The molecule has 0 saturated carbocycles. The zero-order valence-electron chi connectivity index (χ0n) is 34.0. The molecule has 0 N–H and O–H groups in total. The van der Waals surface area contributed by atoms with Crippen molar-refractivity contribution in [1.82, 2.24) is 19.5 Å². The first-order valence-electron chi connectivity index (χ1n) is 21.4. The molecule has 1 aliphatic rings. The van der Waals surface area contributed by atoms with Gasteiger partial charge in [-0.3, -0.25) is 4.57 Å². The van der Waals surface area contributed by atoms with Gasteiger partial charge in [0.05, 0.1) is 11.0 Å². The number of para-hydroxylation sites is 2. The maximum atomic E-state index is 6.51. The smallest absolute Gasteiger partial charge is 0.238 e. The van der Waals surface area contributed by atoms with Crippen molar-refractivity contribution in [2.75, 3.05) is 0 Å². The number of fused-ring (bicyclic) bond motifs is 9. The van der Waals surface area contributed by atoms with Crippen molar-refractivity contribution in [3.05, 3.63) is 205 Å². The van der Waals surface area contributed by atoms with Gasteiger partial charge in [0.2, 0.25) is 5.95 Å². The van der Waals surface area contributed by atoms with Gasteiger partial charge in [-0.1, -0.05) is 140 Å². The summed E-state index contributed by atoms with van der Waals surface area (Å²) in [5.41, 5.74) is 14.6. The third-order valence-electron chi connectivity index (χ3n) is 12.6. The largest absolute Gasteiger partial charge is 0.456 e. The van der Waals surface area contributed by atoms with E-state index < -0.39 is 0 Å². The van der Waals surface area contributed by atoms with Crippen LogP contribution >= 0.6 is 0 Å². The van der Waals surface area contributed by atoms with Gasteiger partial charge in [0, 0.05) is 43.4 Å². The van der Waals surface area contributed by atoms with Crippen LogP contribution in [0, 0.1) is 0 Å². The molecule has 12 aromatic rings. The number of hydrogen-bond donors (Lipinski definition) is 0. The van der Waals surface area contributed by atoms with E-state index in [1.54, 1.807) is 0 Å². The number of hydrogen-bond acceptors (Lipinski definition) is 5. The average molecular weight is 809 g/mol. The van der Waals surface area contributed by atoms with Crippen LogP contribution in [-0.4, -0.2) is 19.5 Å². The van der Waals surface area contributed by atoms with Gasteiger partial charge in [-0.15, -0.1) is 0 Å². The van der Waals surface area contributed by atoms with Crippen LogP contribution in [0.1, 0.15) is 24.0 Å². The predicted molar refractivity (Wildman–Crippen MR) is 257 cm³/mol. The summed E-state index contributed by atoms with van der Waals surface area (Å²) in [5, 5.41) is 6.58. The molecule has 0 saturated heterocycles. The Bertz CT molecular complexity index is 3850. The van der Waals surface area contributed by atoms with Gasteiger partial charge in [-0.2, -0.15) is 9.97 Å². The fraction of sp³-hybridized carbons (Fsp3) is 0.0351. The third kappa shape index (κ3) is 5.91. The van der Waals surface area contributed by atoms with Crippen LogP contribution in [-0.2, 0) is 0 Å². The van der Waals surface area contributed by atoms with Crippen molar-refractivity contribution < 1.29 is 8.83 Å². The lowest BCUT2D eigenvalue weighted by molar-refractivity contribution is 0.668. The second kappa shape index (κ2) is 14.1. The van der Waals surface area contributed by atoms with E-state index in [9.17, 15) is 0 Å². The molecule has 8 aromatic carbocycles. The Kier molecular flexibility index (Phi) is 7.93. The van der Waals surface area contributed by atoms with Crippen LogP contribution in [0.4, 0.5) is 0 Å². The van der Waals surface area contributed by atoms with E-state index in [1.807, 2.05) is 54.6 Å². The van der Waals surface area contributed by atoms with Gasteiger partial charge < -0.3 is 8.83 Å². The molecular weight excluding hydrogens is 773 g/mol. The molecule has 0 bridgehead atoms. The molecule has 13 rings (SSSR count). The normalized spacial score (nSPS) is 13.1. The molecule has 0 radical (unpaired) electrons. The van der Waals surface area contributed by atoms with Gasteiger partial charge in [-0.25, -0.2) is 4.98 Å². The lowest BCUT2D eigenvalue weighted by atomic mass is 9.90. The topological polar surface area (TPSA) is 69.9 Å².